The number of fused-ring (bicyclic) bond motifs is 1. The van der Waals surface area contributed by atoms with Crippen LogP contribution in [0.4, 0.5) is 0 Å². The lowest BCUT2D eigenvalue weighted by Gasteiger charge is -1.99. The number of halogens is 2. The van der Waals surface area contributed by atoms with Crippen LogP contribution in [0.5, 0.6) is 0 Å². The number of hydrogen-bond acceptors (Lipinski definition) is 4. The summed E-state index contributed by atoms with van der Waals surface area (Å²) in [6.07, 6.45) is 2.90. The van der Waals surface area contributed by atoms with Crippen LogP contribution in [0.3, 0.4) is 0 Å². The number of nitrogens with zero attached hydrogens (tertiary/aromatic N) is 3. The fraction of sp³-hybridized carbons (Fsp3) is 0.222. The van der Waals surface area contributed by atoms with Gasteiger partial charge in [-0.2, -0.15) is 5.10 Å². The number of hydrogen-bond donors (Lipinski definition) is 0. The molecule has 0 aromatic carbocycles. The van der Waals surface area contributed by atoms with Gasteiger partial charge in [-0.05, 0) is 0 Å². The van der Waals surface area contributed by atoms with Crippen molar-refractivity contribution in [3.05, 3.63) is 28.8 Å². The minimum absolute atomic E-state index is 0.305. The maximum Gasteiger partial charge on any atom is 0.339 e. The molecule has 2 rings (SSSR count). The number of alkyl halides is 1. The van der Waals surface area contributed by atoms with Crippen LogP contribution in [0, 0.1) is 0 Å². The Morgan fingerprint density at radius 2 is 2.44 bits per heavy atom. The van der Waals surface area contributed by atoms with Crippen molar-refractivity contribution in [2.24, 2.45) is 0 Å². The quantitative estimate of drug-likeness (QED) is 0.629. The predicted octanol–water partition coefficient (Wildman–Crippen LogP) is 2.06. The summed E-state index contributed by atoms with van der Waals surface area (Å²) in [5.74, 6) is -0.420. The molecule has 2 aromatic rings. The first kappa shape index (κ1) is 11.3. The molecule has 0 N–H and O–H groups in total. The molecule has 84 valence electrons. The van der Waals surface area contributed by atoms with Crippen molar-refractivity contribution >= 4 is 39.0 Å². The Morgan fingerprint density at radius 1 is 1.69 bits per heavy atom. The van der Waals surface area contributed by atoms with E-state index < -0.39 is 5.97 Å². The number of rotatable bonds is 2. The van der Waals surface area contributed by atoms with Crippen molar-refractivity contribution in [2.45, 2.75) is 5.33 Å². The zero-order chi connectivity index (χ0) is 11.7. The largest absolute Gasteiger partial charge is 0.465 e. The number of carbonyl (C=O) groups is 1. The summed E-state index contributed by atoms with van der Waals surface area (Å²) < 4.78 is 6.20. The molecule has 5 nitrogen and oxygen atoms in total. The molecule has 0 radical (unpaired) electrons. The molecule has 0 atom stereocenters. The minimum atomic E-state index is -0.420. The van der Waals surface area contributed by atoms with Crippen LogP contribution in [-0.2, 0) is 10.1 Å². The molecule has 2 heterocycles. The standard InChI is InChI=1S/C9H7BrClN3O2/c1-16-9(15)6-3-14-7(5(6)2-10)8(11)12-4-13-14/h3-4H,2H2,1H3. The summed E-state index contributed by atoms with van der Waals surface area (Å²) >= 11 is 9.26. The highest BCUT2D eigenvalue weighted by atomic mass is 79.9. The van der Waals surface area contributed by atoms with E-state index in [4.69, 9.17) is 11.6 Å². The van der Waals surface area contributed by atoms with E-state index in [1.807, 2.05) is 0 Å². The third kappa shape index (κ3) is 1.68. The molecular formula is C9H7BrClN3O2. The molecule has 0 fully saturated rings. The van der Waals surface area contributed by atoms with Crippen LogP contribution in [0.1, 0.15) is 15.9 Å². The van der Waals surface area contributed by atoms with E-state index in [-0.39, 0.29) is 0 Å². The zero-order valence-corrected chi connectivity index (χ0v) is 10.6. The SMILES string of the molecule is COC(=O)c1cn2ncnc(Cl)c2c1CBr. The Morgan fingerprint density at radius 3 is 3.06 bits per heavy atom. The maximum atomic E-state index is 11.5. The molecule has 0 amide bonds. The van der Waals surface area contributed by atoms with Gasteiger partial charge in [0.15, 0.2) is 5.15 Å². The van der Waals surface area contributed by atoms with Gasteiger partial charge in [0, 0.05) is 17.1 Å². The second kappa shape index (κ2) is 4.39. The van der Waals surface area contributed by atoms with E-state index in [1.54, 1.807) is 6.20 Å². The van der Waals surface area contributed by atoms with Gasteiger partial charge in [-0.15, -0.1) is 0 Å². The molecule has 0 saturated carbocycles. The Kier molecular flexibility index (Phi) is 3.11. The number of aromatic nitrogens is 3. The van der Waals surface area contributed by atoms with Crippen LogP contribution >= 0.6 is 27.5 Å². The lowest BCUT2D eigenvalue weighted by atomic mass is 10.2. The molecule has 0 unspecified atom stereocenters. The first-order valence-electron chi connectivity index (χ1n) is 4.34. The highest BCUT2D eigenvalue weighted by Gasteiger charge is 2.19. The summed E-state index contributed by atoms with van der Waals surface area (Å²) in [6.45, 7) is 0. The van der Waals surface area contributed by atoms with Gasteiger partial charge in [0.1, 0.15) is 11.8 Å². The number of ether oxygens (including phenoxy) is 1. The minimum Gasteiger partial charge on any atom is -0.465 e. The lowest BCUT2D eigenvalue weighted by molar-refractivity contribution is 0.0600. The Labute approximate surface area is 104 Å². The van der Waals surface area contributed by atoms with E-state index in [2.05, 4.69) is 30.7 Å². The van der Waals surface area contributed by atoms with Crippen LogP contribution in [0.2, 0.25) is 5.15 Å². The first-order chi connectivity index (χ1) is 7.69. The Balaban J connectivity index is 2.77. The first-order valence-corrected chi connectivity index (χ1v) is 5.84. The van der Waals surface area contributed by atoms with Crippen molar-refractivity contribution in [3.63, 3.8) is 0 Å². The topological polar surface area (TPSA) is 56.5 Å². The van der Waals surface area contributed by atoms with E-state index >= 15 is 0 Å². The van der Waals surface area contributed by atoms with Crippen molar-refractivity contribution in [1.29, 1.82) is 0 Å². The summed E-state index contributed by atoms with van der Waals surface area (Å²) in [5.41, 5.74) is 1.76. The average Bonchev–Trinajstić information content (AvgIpc) is 2.68. The predicted molar refractivity (Wildman–Crippen MR) is 62.0 cm³/mol. The fourth-order valence-corrected chi connectivity index (χ4v) is 2.27. The van der Waals surface area contributed by atoms with Crippen LogP contribution in [-0.4, -0.2) is 27.7 Å². The van der Waals surface area contributed by atoms with Crippen molar-refractivity contribution in [1.82, 2.24) is 14.6 Å². The van der Waals surface area contributed by atoms with Gasteiger partial charge < -0.3 is 4.74 Å². The highest BCUT2D eigenvalue weighted by molar-refractivity contribution is 9.08. The summed E-state index contributed by atoms with van der Waals surface area (Å²) in [6, 6.07) is 0. The Hall–Kier alpha value is -1.14. The second-order valence-corrected chi connectivity index (χ2v) is 3.91. The number of methoxy groups -OCH3 is 1. The number of esters is 1. The van der Waals surface area contributed by atoms with Gasteiger partial charge in [0.2, 0.25) is 0 Å². The summed E-state index contributed by atoms with van der Waals surface area (Å²) in [7, 11) is 1.33. The molecule has 7 heteroatoms. The molecule has 0 aliphatic heterocycles. The molecule has 0 aliphatic rings. The van der Waals surface area contributed by atoms with Gasteiger partial charge in [-0.3, -0.25) is 0 Å². The molecule has 0 spiro atoms. The maximum absolute atomic E-state index is 11.5. The van der Waals surface area contributed by atoms with Gasteiger partial charge in [-0.1, -0.05) is 27.5 Å². The Bertz CT molecular complexity index is 555. The normalized spacial score (nSPS) is 10.7. The van der Waals surface area contributed by atoms with E-state index in [1.165, 1.54) is 18.0 Å². The molecular weight excluding hydrogens is 297 g/mol. The molecule has 0 saturated heterocycles. The van der Waals surface area contributed by atoms with Gasteiger partial charge in [0.25, 0.3) is 0 Å². The van der Waals surface area contributed by atoms with Gasteiger partial charge in [-0.25, -0.2) is 14.3 Å². The molecule has 16 heavy (non-hydrogen) atoms. The van der Waals surface area contributed by atoms with E-state index in [0.717, 1.165) is 5.56 Å². The van der Waals surface area contributed by atoms with E-state index in [0.29, 0.717) is 21.6 Å². The summed E-state index contributed by atoms with van der Waals surface area (Å²) in [4.78, 5) is 15.4. The van der Waals surface area contributed by atoms with Crippen LogP contribution in [0.15, 0.2) is 12.5 Å². The van der Waals surface area contributed by atoms with Crippen molar-refractivity contribution in [2.75, 3.05) is 7.11 Å². The van der Waals surface area contributed by atoms with Crippen molar-refractivity contribution in [3.8, 4) is 0 Å². The van der Waals surface area contributed by atoms with E-state index in [9.17, 15) is 4.79 Å². The average molecular weight is 305 g/mol. The lowest BCUT2D eigenvalue weighted by Crippen LogP contribution is -2.01. The number of carbonyl (C=O) groups excluding carboxylic acids is 1. The monoisotopic (exact) mass is 303 g/mol. The molecule has 2 aromatic heterocycles. The third-order valence-corrected chi connectivity index (χ3v) is 3.01. The molecule has 0 bridgehead atoms. The smallest absolute Gasteiger partial charge is 0.339 e. The molecule has 0 aliphatic carbocycles. The zero-order valence-electron chi connectivity index (χ0n) is 8.28. The van der Waals surface area contributed by atoms with Crippen molar-refractivity contribution < 1.29 is 9.53 Å². The second-order valence-electron chi connectivity index (χ2n) is 2.99. The van der Waals surface area contributed by atoms with Gasteiger partial charge in [0.05, 0.1) is 12.7 Å². The highest BCUT2D eigenvalue weighted by Crippen LogP contribution is 2.25. The fourth-order valence-electron chi connectivity index (χ4n) is 1.46. The van der Waals surface area contributed by atoms with Crippen LogP contribution in [0.25, 0.3) is 5.52 Å². The van der Waals surface area contributed by atoms with Crippen LogP contribution < -0.4 is 0 Å². The van der Waals surface area contributed by atoms with Gasteiger partial charge >= 0.3 is 5.97 Å². The summed E-state index contributed by atoms with van der Waals surface area (Å²) in [5, 5.41) is 4.76. The third-order valence-electron chi connectivity index (χ3n) is 2.17.